The van der Waals surface area contributed by atoms with Crippen LogP contribution in [0.1, 0.15) is 40.9 Å². The van der Waals surface area contributed by atoms with Crippen molar-refractivity contribution in [2.24, 2.45) is 5.73 Å². The van der Waals surface area contributed by atoms with Crippen LogP contribution in [0.2, 0.25) is 0 Å². The summed E-state index contributed by atoms with van der Waals surface area (Å²) in [5, 5.41) is 0. The summed E-state index contributed by atoms with van der Waals surface area (Å²) < 4.78 is 7.42. The van der Waals surface area contributed by atoms with Crippen LogP contribution in [-0.2, 0) is 17.1 Å². The van der Waals surface area contributed by atoms with Crippen molar-refractivity contribution in [2.75, 3.05) is 19.3 Å². The first-order valence-electron chi connectivity index (χ1n) is 8.24. The van der Waals surface area contributed by atoms with Crippen molar-refractivity contribution < 1.29 is 14.0 Å². The largest absolute Gasteiger partial charge is 0.455 e. The summed E-state index contributed by atoms with van der Waals surface area (Å²) in [4.78, 5) is 29.9. The van der Waals surface area contributed by atoms with E-state index in [0.717, 1.165) is 30.2 Å². The SMILES string of the molecule is CSCc1ccc(C(=O)N2CCC(c3nccn3CC(N)=O)CC2)o1. The predicted molar refractivity (Wildman–Crippen MR) is 95.2 cm³/mol. The second-order valence-electron chi connectivity index (χ2n) is 6.15. The van der Waals surface area contributed by atoms with E-state index in [4.69, 9.17) is 10.2 Å². The van der Waals surface area contributed by atoms with Crippen LogP contribution in [0.4, 0.5) is 0 Å². The maximum atomic E-state index is 12.6. The second-order valence-corrected chi connectivity index (χ2v) is 7.01. The van der Waals surface area contributed by atoms with Gasteiger partial charge in [-0.05, 0) is 31.2 Å². The summed E-state index contributed by atoms with van der Waals surface area (Å²) in [7, 11) is 0. The van der Waals surface area contributed by atoms with Crippen molar-refractivity contribution in [3.8, 4) is 0 Å². The van der Waals surface area contributed by atoms with Crippen molar-refractivity contribution >= 4 is 23.6 Å². The van der Waals surface area contributed by atoms with Gasteiger partial charge in [0.05, 0.1) is 5.75 Å². The molecule has 0 radical (unpaired) electrons. The third kappa shape index (κ3) is 4.07. The van der Waals surface area contributed by atoms with Gasteiger partial charge in [0.25, 0.3) is 5.91 Å². The zero-order valence-corrected chi connectivity index (χ0v) is 15.0. The van der Waals surface area contributed by atoms with Crippen molar-refractivity contribution in [2.45, 2.75) is 31.1 Å². The van der Waals surface area contributed by atoms with E-state index in [9.17, 15) is 9.59 Å². The predicted octanol–water partition coefficient (Wildman–Crippen LogP) is 1.84. The summed E-state index contributed by atoms with van der Waals surface area (Å²) in [6.07, 6.45) is 7.07. The lowest BCUT2D eigenvalue weighted by atomic mass is 9.95. The van der Waals surface area contributed by atoms with Gasteiger partial charge in [0, 0.05) is 31.4 Å². The molecule has 1 aliphatic rings. The average Bonchev–Trinajstić information content (AvgIpc) is 3.24. The number of furan rings is 1. The standard InChI is InChI=1S/C17H22N4O3S/c1-25-11-13-2-3-14(24-13)17(23)20-7-4-12(5-8-20)16-19-6-9-21(16)10-15(18)22/h2-3,6,9,12H,4-5,7-8,10-11H2,1H3,(H2,18,22). The maximum absolute atomic E-state index is 12.6. The first kappa shape index (κ1) is 17.6. The summed E-state index contributed by atoms with van der Waals surface area (Å²) >= 11 is 1.66. The Hall–Kier alpha value is -2.22. The summed E-state index contributed by atoms with van der Waals surface area (Å²) in [5.74, 6) is 2.62. The molecule has 0 aliphatic carbocycles. The Kier molecular flexibility index (Phi) is 5.47. The Morgan fingerprint density at radius 1 is 1.36 bits per heavy atom. The van der Waals surface area contributed by atoms with Crippen LogP contribution < -0.4 is 5.73 Å². The first-order chi connectivity index (χ1) is 12.1. The molecule has 0 saturated carbocycles. The fourth-order valence-electron chi connectivity index (χ4n) is 3.19. The fraction of sp³-hybridized carbons (Fsp3) is 0.471. The van der Waals surface area contributed by atoms with E-state index < -0.39 is 0 Å². The van der Waals surface area contributed by atoms with Crippen LogP contribution in [0.25, 0.3) is 0 Å². The quantitative estimate of drug-likeness (QED) is 0.846. The monoisotopic (exact) mass is 362 g/mol. The van der Waals surface area contributed by atoms with Crippen LogP contribution in [0.5, 0.6) is 0 Å². The molecular weight excluding hydrogens is 340 g/mol. The van der Waals surface area contributed by atoms with Gasteiger partial charge in [-0.2, -0.15) is 11.8 Å². The van der Waals surface area contributed by atoms with Crippen LogP contribution >= 0.6 is 11.8 Å². The van der Waals surface area contributed by atoms with Gasteiger partial charge in [0.2, 0.25) is 5.91 Å². The minimum atomic E-state index is -0.384. The summed E-state index contributed by atoms with van der Waals surface area (Å²) in [5.41, 5.74) is 5.28. The molecule has 0 bridgehead atoms. The molecule has 3 rings (SSSR count). The van der Waals surface area contributed by atoms with Crippen LogP contribution in [0.15, 0.2) is 28.9 Å². The van der Waals surface area contributed by atoms with Crippen molar-refractivity contribution in [1.29, 1.82) is 0 Å². The molecule has 7 nitrogen and oxygen atoms in total. The average molecular weight is 362 g/mol. The highest BCUT2D eigenvalue weighted by molar-refractivity contribution is 7.97. The number of likely N-dealkylation sites (tertiary alicyclic amines) is 1. The second kappa shape index (κ2) is 7.77. The molecule has 2 aromatic heterocycles. The molecule has 25 heavy (non-hydrogen) atoms. The van der Waals surface area contributed by atoms with Gasteiger partial charge >= 0.3 is 0 Å². The van der Waals surface area contributed by atoms with Gasteiger partial charge in [0.1, 0.15) is 18.1 Å². The van der Waals surface area contributed by atoms with E-state index >= 15 is 0 Å². The number of nitrogens with zero attached hydrogens (tertiary/aromatic N) is 3. The van der Waals surface area contributed by atoms with Gasteiger partial charge in [-0.15, -0.1) is 0 Å². The molecule has 0 spiro atoms. The molecule has 0 unspecified atom stereocenters. The Morgan fingerprint density at radius 2 is 2.12 bits per heavy atom. The Bertz CT molecular complexity index is 747. The molecule has 134 valence electrons. The molecular formula is C17H22N4O3S. The number of imidazole rings is 1. The molecule has 1 aliphatic heterocycles. The van der Waals surface area contributed by atoms with Gasteiger partial charge in [-0.25, -0.2) is 4.98 Å². The Balaban J connectivity index is 1.60. The number of nitrogens with two attached hydrogens (primary N) is 1. The Labute approximate surface area is 150 Å². The van der Waals surface area contributed by atoms with Gasteiger partial charge in [0.15, 0.2) is 5.76 Å². The lowest BCUT2D eigenvalue weighted by Crippen LogP contribution is -2.38. The molecule has 2 N–H and O–H groups in total. The minimum absolute atomic E-state index is 0.0636. The molecule has 2 amide bonds. The highest BCUT2D eigenvalue weighted by Crippen LogP contribution is 2.28. The van der Waals surface area contributed by atoms with E-state index in [1.54, 1.807) is 34.8 Å². The summed E-state index contributed by atoms with van der Waals surface area (Å²) in [6, 6.07) is 3.61. The van der Waals surface area contributed by atoms with Gasteiger partial charge < -0.3 is 19.6 Å². The number of primary amides is 1. The molecule has 2 aromatic rings. The summed E-state index contributed by atoms with van der Waals surface area (Å²) in [6.45, 7) is 1.43. The molecule has 8 heteroatoms. The highest BCUT2D eigenvalue weighted by atomic mass is 32.2. The number of hydrogen-bond acceptors (Lipinski definition) is 5. The number of amides is 2. The molecule has 0 aromatic carbocycles. The van der Waals surface area contributed by atoms with Crippen molar-refractivity contribution in [3.05, 3.63) is 41.9 Å². The zero-order chi connectivity index (χ0) is 17.8. The van der Waals surface area contributed by atoms with Crippen LogP contribution in [0.3, 0.4) is 0 Å². The van der Waals surface area contributed by atoms with E-state index in [2.05, 4.69) is 4.98 Å². The number of hydrogen-bond donors (Lipinski definition) is 1. The van der Waals surface area contributed by atoms with Crippen molar-refractivity contribution in [1.82, 2.24) is 14.5 Å². The fourth-order valence-corrected chi connectivity index (χ4v) is 3.63. The lowest BCUT2D eigenvalue weighted by Gasteiger charge is -2.31. The van der Waals surface area contributed by atoms with E-state index in [0.29, 0.717) is 18.8 Å². The molecule has 3 heterocycles. The maximum Gasteiger partial charge on any atom is 0.289 e. The number of aromatic nitrogens is 2. The molecule has 1 fully saturated rings. The van der Waals surface area contributed by atoms with E-state index in [1.807, 2.05) is 17.2 Å². The van der Waals surface area contributed by atoms with Crippen molar-refractivity contribution in [3.63, 3.8) is 0 Å². The topological polar surface area (TPSA) is 94.4 Å². The Morgan fingerprint density at radius 3 is 2.80 bits per heavy atom. The number of thioether (sulfide) groups is 1. The lowest BCUT2D eigenvalue weighted by molar-refractivity contribution is -0.118. The normalized spacial score (nSPS) is 15.5. The number of carbonyl (C=O) groups excluding carboxylic acids is 2. The zero-order valence-electron chi connectivity index (χ0n) is 14.2. The smallest absolute Gasteiger partial charge is 0.289 e. The third-order valence-corrected chi connectivity index (χ3v) is 4.95. The molecule has 1 saturated heterocycles. The van der Waals surface area contributed by atoms with E-state index in [-0.39, 0.29) is 24.3 Å². The first-order valence-corrected chi connectivity index (χ1v) is 9.64. The van der Waals surface area contributed by atoms with Gasteiger partial charge in [-0.1, -0.05) is 0 Å². The highest BCUT2D eigenvalue weighted by Gasteiger charge is 2.28. The molecule has 0 atom stereocenters. The number of piperidine rings is 1. The third-order valence-electron chi connectivity index (χ3n) is 4.38. The van der Waals surface area contributed by atoms with Gasteiger partial charge in [-0.3, -0.25) is 9.59 Å². The number of rotatable bonds is 6. The van der Waals surface area contributed by atoms with E-state index in [1.165, 1.54) is 0 Å². The minimum Gasteiger partial charge on any atom is -0.455 e. The number of carbonyl (C=O) groups is 2. The van der Waals surface area contributed by atoms with Crippen LogP contribution in [-0.4, -0.2) is 45.6 Å². The van der Waals surface area contributed by atoms with Crippen LogP contribution in [0, 0.1) is 0 Å².